The van der Waals surface area contributed by atoms with Crippen molar-refractivity contribution in [3.05, 3.63) is 33.5 Å². The maximum atomic E-state index is 13.6. The minimum atomic E-state index is -0.273. The second-order valence-electron chi connectivity index (χ2n) is 3.85. The summed E-state index contributed by atoms with van der Waals surface area (Å²) in [6.45, 7) is 5.93. The summed E-state index contributed by atoms with van der Waals surface area (Å²) in [6.07, 6.45) is 0. The molecule has 1 rings (SSSR count). The van der Waals surface area contributed by atoms with Crippen LogP contribution in [0.4, 0.5) is 4.39 Å². The van der Waals surface area contributed by atoms with Crippen LogP contribution in [0.1, 0.15) is 43.9 Å². The molecule has 0 aliphatic carbocycles. The average molecular weight is 260 g/mol. The molecule has 14 heavy (non-hydrogen) atoms. The average Bonchev–Trinajstić information content (AvgIpc) is 2.08. The number of benzene rings is 1. The van der Waals surface area contributed by atoms with Crippen LogP contribution >= 0.6 is 15.9 Å². The fraction of sp³-hybridized carbons (Fsp3) is 0.455. The minimum absolute atomic E-state index is 0.246. The Kier molecular flexibility index (Phi) is 3.67. The highest BCUT2D eigenvalue weighted by atomic mass is 79.9. The molecule has 0 fully saturated rings. The first kappa shape index (κ1) is 11.7. The molecule has 0 amide bonds. The molecule has 1 aromatic carbocycles. The van der Waals surface area contributed by atoms with E-state index in [1.165, 1.54) is 0 Å². The molecular weight excluding hydrogens is 245 g/mol. The van der Waals surface area contributed by atoms with E-state index in [0.29, 0.717) is 16.0 Å². The Morgan fingerprint density at radius 1 is 1.29 bits per heavy atom. The second kappa shape index (κ2) is 4.41. The van der Waals surface area contributed by atoms with Gasteiger partial charge >= 0.3 is 0 Å². The Bertz CT molecular complexity index is 334. The fourth-order valence-corrected chi connectivity index (χ4v) is 1.79. The molecule has 1 unspecified atom stereocenters. The first-order valence-electron chi connectivity index (χ1n) is 4.68. The molecule has 0 bridgehead atoms. The summed E-state index contributed by atoms with van der Waals surface area (Å²) in [4.78, 5) is 0. The Hall–Kier alpha value is -0.410. The van der Waals surface area contributed by atoms with Gasteiger partial charge in [0.2, 0.25) is 0 Å². The maximum absolute atomic E-state index is 13.6. The van der Waals surface area contributed by atoms with Crippen LogP contribution in [0, 0.1) is 5.82 Å². The zero-order chi connectivity index (χ0) is 10.9. The SMILES string of the molecule is CC(C)c1cc(Br)c(F)c(C(C)N)c1. The summed E-state index contributed by atoms with van der Waals surface area (Å²) < 4.78 is 14.1. The monoisotopic (exact) mass is 259 g/mol. The van der Waals surface area contributed by atoms with Gasteiger partial charge in [-0.25, -0.2) is 4.39 Å². The van der Waals surface area contributed by atoms with Gasteiger partial charge < -0.3 is 5.73 Å². The molecule has 0 spiro atoms. The van der Waals surface area contributed by atoms with Gasteiger partial charge in [0.05, 0.1) is 4.47 Å². The molecule has 1 atom stereocenters. The molecule has 0 saturated carbocycles. The van der Waals surface area contributed by atoms with Crippen LogP contribution in [0.25, 0.3) is 0 Å². The van der Waals surface area contributed by atoms with Gasteiger partial charge in [0.1, 0.15) is 5.82 Å². The summed E-state index contributed by atoms with van der Waals surface area (Å²) in [5.74, 6) is 0.133. The van der Waals surface area contributed by atoms with Crippen molar-refractivity contribution in [1.82, 2.24) is 0 Å². The molecule has 78 valence electrons. The van der Waals surface area contributed by atoms with Crippen molar-refractivity contribution in [2.45, 2.75) is 32.7 Å². The summed E-state index contributed by atoms with van der Waals surface area (Å²) in [5.41, 5.74) is 7.37. The van der Waals surface area contributed by atoms with Crippen molar-refractivity contribution in [2.75, 3.05) is 0 Å². The van der Waals surface area contributed by atoms with Gasteiger partial charge in [-0.15, -0.1) is 0 Å². The van der Waals surface area contributed by atoms with E-state index >= 15 is 0 Å². The van der Waals surface area contributed by atoms with Crippen LogP contribution in [0.5, 0.6) is 0 Å². The van der Waals surface area contributed by atoms with Crippen molar-refractivity contribution in [2.24, 2.45) is 5.73 Å². The highest BCUT2D eigenvalue weighted by Gasteiger charge is 2.13. The van der Waals surface area contributed by atoms with Crippen molar-refractivity contribution in [1.29, 1.82) is 0 Å². The first-order chi connectivity index (χ1) is 6.43. The van der Waals surface area contributed by atoms with Crippen LogP contribution in [0.15, 0.2) is 16.6 Å². The van der Waals surface area contributed by atoms with E-state index in [0.717, 1.165) is 5.56 Å². The molecule has 3 heteroatoms. The Balaban J connectivity index is 3.28. The Labute approximate surface area is 92.6 Å². The lowest BCUT2D eigenvalue weighted by atomic mass is 9.98. The lowest BCUT2D eigenvalue weighted by Crippen LogP contribution is -2.09. The predicted molar refractivity (Wildman–Crippen MR) is 60.8 cm³/mol. The van der Waals surface area contributed by atoms with Crippen molar-refractivity contribution < 1.29 is 4.39 Å². The third-order valence-electron chi connectivity index (χ3n) is 2.24. The number of nitrogens with two attached hydrogens (primary N) is 1. The molecule has 0 saturated heterocycles. The van der Waals surface area contributed by atoms with Gasteiger partial charge in [-0.3, -0.25) is 0 Å². The number of halogens is 2. The molecule has 0 aliphatic heterocycles. The van der Waals surface area contributed by atoms with E-state index in [-0.39, 0.29) is 11.9 Å². The van der Waals surface area contributed by atoms with E-state index in [1.807, 2.05) is 12.1 Å². The lowest BCUT2D eigenvalue weighted by Gasteiger charge is -2.13. The normalized spacial score (nSPS) is 13.4. The Morgan fingerprint density at radius 3 is 2.29 bits per heavy atom. The van der Waals surface area contributed by atoms with Gasteiger partial charge in [-0.2, -0.15) is 0 Å². The first-order valence-corrected chi connectivity index (χ1v) is 5.47. The summed E-state index contributed by atoms with van der Waals surface area (Å²) >= 11 is 3.20. The number of hydrogen-bond acceptors (Lipinski definition) is 1. The predicted octanol–water partition coefficient (Wildman–Crippen LogP) is 3.73. The number of hydrogen-bond donors (Lipinski definition) is 1. The van der Waals surface area contributed by atoms with Crippen molar-refractivity contribution in [3.8, 4) is 0 Å². The van der Waals surface area contributed by atoms with Gasteiger partial charge in [0.25, 0.3) is 0 Å². The fourth-order valence-electron chi connectivity index (χ4n) is 1.30. The maximum Gasteiger partial charge on any atom is 0.142 e. The van der Waals surface area contributed by atoms with Gasteiger partial charge in [-0.05, 0) is 40.4 Å². The molecule has 0 aromatic heterocycles. The second-order valence-corrected chi connectivity index (χ2v) is 4.70. The third-order valence-corrected chi connectivity index (χ3v) is 2.81. The van der Waals surface area contributed by atoms with Crippen molar-refractivity contribution in [3.63, 3.8) is 0 Å². The lowest BCUT2D eigenvalue weighted by molar-refractivity contribution is 0.585. The van der Waals surface area contributed by atoms with Crippen LogP contribution in [0.3, 0.4) is 0 Å². The topological polar surface area (TPSA) is 26.0 Å². The van der Waals surface area contributed by atoms with Crippen LogP contribution < -0.4 is 5.73 Å². The smallest absolute Gasteiger partial charge is 0.142 e. The minimum Gasteiger partial charge on any atom is -0.324 e. The van der Waals surface area contributed by atoms with E-state index in [2.05, 4.69) is 29.8 Å². The molecule has 1 aromatic rings. The van der Waals surface area contributed by atoms with Crippen LogP contribution in [-0.2, 0) is 0 Å². The van der Waals surface area contributed by atoms with E-state index in [1.54, 1.807) is 6.92 Å². The van der Waals surface area contributed by atoms with Gasteiger partial charge in [-0.1, -0.05) is 19.9 Å². The van der Waals surface area contributed by atoms with Crippen molar-refractivity contribution >= 4 is 15.9 Å². The zero-order valence-electron chi connectivity index (χ0n) is 8.64. The van der Waals surface area contributed by atoms with Gasteiger partial charge in [0.15, 0.2) is 0 Å². The van der Waals surface area contributed by atoms with Crippen LogP contribution in [0.2, 0.25) is 0 Å². The molecule has 2 N–H and O–H groups in total. The highest BCUT2D eigenvalue weighted by Crippen LogP contribution is 2.28. The highest BCUT2D eigenvalue weighted by molar-refractivity contribution is 9.10. The largest absolute Gasteiger partial charge is 0.324 e. The summed E-state index contributed by atoms with van der Waals surface area (Å²) in [7, 11) is 0. The summed E-state index contributed by atoms with van der Waals surface area (Å²) in [6, 6.07) is 3.38. The molecule has 0 radical (unpaired) electrons. The molecular formula is C11H15BrFN. The summed E-state index contributed by atoms with van der Waals surface area (Å²) in [5, 5.41) is 0. The van der Waals surface area contributed by atoms with Crippen LogP contribution in [-0.4, -0.2) is 0 Å². The quantitative estimate of drug-likeness (QED) is 0.861. The standard InChI is InChI=1S/C11H15BrFN/c1-6(2)8-4-9(7(3)14)11(13)10(12)5-8/h4-7H,14H2,1-3H3. The van der Waals surface area contributed by atoms with E-state index in [9.17, 15) is 4.39 Å². The zero-order valence-corrected chi connectivity index (χ0v) is 10.2. The molecule has 1 nitrogen and oxygen atoms in total. The number of rotatable bonds is 2. The van der Waals surface area contributed by atoms with E-state index < -0.39 is 0 Å². The molecule has 0 heterocycles. The van der Waals surface area contributed by atoms with E-state index in [4.69, 9.17) is 5.73 Å². The Morgan fingerprint density at radius 2 is 1.86 bits per heavy atom. The third kappa shape index (κ3) is 2.34. The van der Waals surface area contributed by atoms with Gasteiger partial charge in [0, 0.05) is 11.6 Å². The molecule has 0 aliphatic rings.